The Hall–Kier alpha value is -3.13. The van der Waals surface area contributed by atoms with Gasteiger partial charge < -0.3 is 15.2 Å². The first-order valence-electron chi connectivity index (χ1n) is 8.51. The molecule has 0 aliphatic carbocycles. The predicted molar refractivity (Wildman–Crippen MR) is 98.9 cm³/mol. The molecule has 3 aromatic rings. The summed E-state index contributed by atoms with van der Waals surface area (Å²) >= 11 is 0. The highest BCUT2D eigenvalue weighted by Gasteiger charge is 2.28. The molecule has 0 saturated heterocycles. The maximum atomic E-state index is 12.2. The normalized spacial score (nSPS) is 12.4. The minimum absolute atomic E-state index is 0.125. The third-order valence-corrected chi connectivity index (χ3v) is 3.85. The molecule has 0 unspecified atom stereocenters. The fourth-order valence-electron chi connectivity index (χ4n) is 2.47. The summed E-state index contributed by atoms with van der Waals surface area (Å²) in [6, 6.07) is 17.0. The van der Waals surface area contributed by atoms with Gasteiger partial charge in [0.2, 0.25) is 5.95 Å². The van der Waals surface area contributed by atoms with Crippen molar-refractivity contribution in [1.29, 1.82) is 0 Å². The monoisotopic (exact) mass is 389 g/mol. The lowest BCUT2D eigenvalue weighted by molar-refractivity contribution is -0.153. The van der Waals surface area contributed by atoms with Gasteiger partial charge in [-0.25, -0.2) is 9.97 Å². The van der Waals surface area contributed by atoms with Crippen molar-refractivity contribution in [2.45, 2.75) is 12.3 Å². The Morgan fingerprint density at radius 2 is 1.71 bits per heavy atom. The summed E-state index contributed by atoms with van der Waals surface area (Å²) in [5.41, 5.74) is 2.07. The maximum absolute atomic E-state index is 12.2. The van der Waals surface area contributed by atoms with Crippen molar-refractivity contribution in [3.05, 3.63) is 72.4 Å². The number of halogens is 3. The van der Waals surface area contributed by atoms with E-state index < -0.39 is 18.9 Å². The molecular formula is C20H18F3N3O2. The van der Waals surface area contributed by atoms with E-state index in [1.165, 1.54) is 12.1 Å². The van der Waals surface area contributed by atoms with E-state index in [0.29, 0.717) is 17.2 Å². The number of hydrogen-bond donors (Lipinski definition) is 2. The summed E-state index contributed by atoms with van der Waals surface area (Å²) in [7, 11) is 0. The first kappa shape index (κ1) is 19.6. The molecule has 2 aromatic carbocycles. The minimum atomic E-state index is -4.38. The van der Waals surface area contributed by atoms with Crippen molar-refractivity contribution in [1.82, 2.24) is 9.97 Å². The molecule has 0 aliphatic heterocycles. The Balaban J connectivity index is 1.63. The Morgan fingerprint density at radius 1 is 1.00 bits per heavy atom. The van der Waals surface area contributed by atoms with Gasteiger partial charge in [0.1, 0.15) is 5.75 Å². The van der Waals surface area contributed by atoms with Gasteiger partial charge in [0, 0.05) is 18.3 Å². The van der Waals surface area contributed by atoms with Gasteiger partial charge in [0.05, 0.1) is 11.8 Å². The third-order valence-electron chi connectivity index (χ3n) is 3.85. The van der Waals surface area contributed by atoms with Crippen LogP contribution in [-0.2, 0) is 0 Å². The summed E-state index contributed by atoms with van der Waals surface area (Å²) in [6.07, 6.45) is -3.53. The number of benzene rings is 2. The van der Waals surface area contributed by atoms with Crippen LogP contribution in [0.1, 0.15) is 11.7 Å². The second-order valence-corrected chi connectivity index (χ2v) is 6.00. The molecule has 0 radical (unpaired) electrons. The SMILES string of the molecule is O[C@@H](CNc1nccc(-c2ccc(OCC(F)(F)F)cc2)n1)c1ccccc1. The summed E-state index contributed by atoms with van der Waals surface area (Å²) < 4.78 is 41.3. The maximum Gasteiger partial charge on any atom is 0.422 e. The van der Waals surface area contributed by atoms with E-state index in [1.54, 1.807) is 24.4 Å². The van der Waals surface area contributed by atoms with Gasteiger partial charge in [-0.15, -0.1) is 0 Å². The standard InChI is InChI=1S/C20H18F3N3O2/c21-20(22,23)13-28-16-8-6-14(7-9-16)17-10-11-24-19(26-17)25-12-18(27)15-4-2-1-3-5-15/h1-11,18,27H,12-13H2,(H,24,25,26)/t18-/m0/s1. The molecule has 0 amide bonds. The van der Waals surface area contributed by atoms with E-state index in [9.17, 15) is 18.3 Å². The van der Waals surface area contributed by atoms with Crippen LogP contribution >= 0.6 is 0 Å². The molecule has 0 spiro atoms. The number of alkyl halides is 3. The molecule has 0 saturated carbocycles. The lowest BCUT2D eigenvalue weighted by Gasteiger charge is -2.12. The Morgan fingerprint density at radius 3 is 2.39 bits per heavy atom. The van der Waals surface area contributed by atoms with E-state index >= 15 is 0 Å². The average Bonchev–Trinajstić information content (AvgIpc) is 2.71. The lowest BCUT2D eigenvalue weighted by Crippen LogP contribution is -2.19. The van der Waals surface area contributed by atoms with Crippen LogP contribution in [0.15, 0.2) is 66.9 Å². The highest BCUT2D eigenvalue weighted by molar-refractivity contribution is 5.60. The van der Waals surface area contributed by atoms with Crippen molar-refractivity contribution < 1.29 is 23.0 Å². The number of aliphatic hydroxyl groups is 1. The summed E-state index contributed by atoms with van der Waals surface area (Å²) in [5, 5.41) is 13.2. The summed E-state index contributed by atoms with van der Waals surface area (Å²) in [6.45, 7) is -1.10. The Labute approximate surface area is 159 Å². The number of rotatable bonds is 7. The summed E-state index contributed by atoms with van der Waals surface area (Å²) in [4.78, 5) is 8.49. The molecule has 146 valence electrons. The zero-order valence-corrected chi connectivity index (χ0v) is 14.7. The average molecular weight is 389 g/mol. The second kappa shape index (κ2) is 8.71. The number of hydrogen-bond acceptors (Lipinski definition) is 5. The Bertz CT molecular complexity index is 887. The molecule has 8 heteroatoms. The fraction of sp³-hybridized carbons (Fsp3) is 0.200. The second-order valence-electron chi connectivity index (χ2n) is 6.00. The third kappa shape index (κ3) is 5.68. The smallest absolute Gasteiger partial charge is 0.422 e. The fourth-order valence-corrected chi connectivity index (χ4v) is 2.47. The van der Waals surface area contributed by atoms with Gasteiger partial charge in [-0.05, 0) is 35.9 Å². The minimum Gasteiger partial charge on any atom is -0.484 e. The van der Waals surface area contributed by atoms with Gasteiger partial charge in [0.15, 0.2) is 6.61 Å². The summed E-state index contributed by atoms with van der Waals surface area (Å²) in [5.74, 6) is 0.462. The van der Waals surface area contributed by atoms with E-state index in [0.717, 1.165) is 5.56 Å². The first-order chi connectivity index (χ1) is 13.4. The Kier molecular flexibility index (Phi) is 6.10. The number of aromatic nitrogens is 2. The van der Waals surface area contributed by atoms with Crippen LogP contribution in [0.5, 0.6) is 5.75 Å². The quantitative estimate of drug-likeness (QED) is 0.633. The first-order valence-corrected chi connectivity index (χ1v) is 8.51. The molecule has 5 nitrogen and oxygen atoms in total. The van der Waals surface area contributed by atoms with Crippen LogP contribution in [-0.4, -0.2) is 34.4 Å². The van der Waals surface area contributed by atoms with Gasteiger partial charge in [-0.2, -0.15) is 13.2 Å². The molecule has 1 aromatic heterocycles. The van der Waals surface area contributed by atoms with E-state index in [2.05, 4.69) is 15.3 Å². The van der Waals surface area contributed by atoms with Crippen LogP contribution in [0.2, 0.25) is 0 Å². The zero-order chi connectivity index (χ0) is 20.0. The number of aliphatic hydroxyl groups excluding tert-OH is 1. The molecule has 2 N–H and O–H groups in total. The molecule has 1 atom stereocenters. The molecule has 3 rings (SSSR count). The van der Waals surface area contributed by atoms with Crippen LogP contribution in [0.4, 0.5) is 19.1 Å². The molecule has 28 heavy (non-hydrogen) atoms. The molecule has 1 heterocycles. The van der Waals surface area contributed by atoms with Crippen LogP contribution in [0, 0.1) is 0 Å². The predicted octanol–water partition coefficient (Wildman–Crippen LogP) is 4.23. The molecular weight excluding hydrogens is 371 g/mol. The number of nitrogens with zero attached hydrogens (tertiary/aromatic N) is 2. The van der Waals surface area contributed by atoms with Crippen molar-refractivity contribution in [3.63, 3.8) is 0 Å². The van der Waals surface area contributed by atoms with Crippen molar-refractivity contribution in [2.75, 3.05) is 18.5 Å². The van der Waals surface area contributed by atoms with Gasteiger partial charge >= 0.3 is 6.18 Å². The molecule has 0 aliphatic rings. The van der Waals surface area contributed by atoms with Crippen molar-refractivity contribution >= 4 is 5.95 Å². The van der Waals surface area contributed by atoms with Crippen LogP contribution < -0.4 is 10.1 Å². The number of ether oxygens (including phenoxy) is 1. The van der Waals surface area contributed by atoms with Crippen molar-refractivity contribution in [3.8, 4) is 17.0 Å². The van der Waals surface area contributed by atoms with Gasteiger partial charge in [-0.3, -0.25) is 0 Å². The number of anilines is 1. The highest BCUT2D eigenvalue weighted by atomic mass is 19.4. The van der Waals surface area contributed by atoms with E-state index in [-0.39, 0.29) is 12.3 Å². The van der Waals surface area contributed by atoms with E-state index in [1.807, 2.05) is 30.3 Å². The molecule has 0 bridgehead atoms. The topological polar surface area (TPSA) is 67.3 Å². The largest absolute Gasteiger partial charge is 0.484 e. The van der Waals surface area contributed by atoms with E-state index in [4.69, 9.17) is 4.74 Å². The van der Waals surface area contributed by atoms with Gasteiger partial charge in [0.25, 0.3) is 0 Å². The van der Waals surface area contributed by atoms with Gasteiger partial charge in [-0.1, -0.05) is 30.3 Å². The van der Waals surface area contributed by atoms with Crippen LogP contribution in [0.25, 0.3) is 11.3 Å². The molecule has 0 fully saturated rings. The van der Waals surface area contributed by atoms with Crippen LogP contribution in [0.3, 0.4) is 0 Å². The lowest BCUT2D eigenvalue weighted by atomic mass is 10.1. The zero-order valence-electron chi connectivity index (χ0n) is 14.7. The van der Waals surface area contributed by atoms with Crippen molar-refractivity contribution in [2.24, 2.45) is 0 Å². The highest BCUT2D eigenvalue weighted by Crippen LogP contribution is 2.23. The number of nitrogens with one attached hydrogen (secondary N) is 1.